The third-order valence-electron chi connectivity index (χ3n) is 3.29. The second-order valence-electron chi connectivity index (χ2n) is 4.68. The Morgan fingerprint density at radius 2 is 2.00 bits per heavy atom. The number of methoxy groups -OCH3 is 1. The van der Waals surface area contributed by atoms with E-state index in [4.69, 9.17) is 9.47 Å². The molecule has 0 aromatic heterocycles. The molecule has 0 aliphatic carbocycles. The first-order chi connectivity index (χ1) is 7.77. The Balaban J connectivity index is 2.14. The summed E-state index contributed by atoms with van der Waals surface area (Å²) in [4.78, 5) is 0. The van der Waals surface area contributed by atoms with Crippen molar-refractivity contribution in [1.82, 2.24) is 0 Å². The summed E-state index contributed by atoms with van der Waals surface area (Å²) < 4.78 is 23.9. The minimum atomic E-state index is -0.846. The van der Waals surface area contributed by atoms with Crippen molar-refractivity contribution < 1.29 is 13.9 Å². The van der Waals surface area contributed by atoms with Gasteiger partial charge in [0, 0.05) is 13.5 Å². The van der Waals surface area contributed by atoms with Gasteiger partial charge in [-0.3, -0.25) is 0 Å². The lowest BCUT2D eigenvalue weighted by molar-refractivity contribution is -0.120. The zero-order chi connectivity index (χ0) is 11.8. The predicted molar refractivity (Wildman–Crippen MR) is 63.4 cm³/mol. The average molecular weight is 232 g/mol. The quantitative estimate of drug-likeness (QED) is 0.626. The van der Waals surface area contributed by atoms with Gasteiger partial charge in [-0.25, -0.2) is 4.39 Å². The van der Waals surface area contributed by atoms with Crippen molar-refractivity contribution in [3.05, 3.63) is 0 Å². The molecule has 1 heterocycles. The van der Waals surface area contributed by atoms with Gasteiger partial charge in [0.2, 0.25) is 0 Å². The highest BCUT2D eigenvalue weighted by Crippen LogP contribution is 2.23. The molecule has 0 amide bonds. The summed E-state index contributed by atoms with van der Waals surface area (Å²) in [6.07, 6.45) is 7.02. The Hall–Kier alpha value is -0.150. The fraction of sp³-hybridized carbons (Fsp3) is 1.00. The molecule has 3 atom stereocenters. The Morgan fingerprint density at radius 3 is 2.69 bits per heavy atom. The molecule has 2 nitrogen and oxygen atoms in total. The van der Waals surface area contributed by atoms with Gasteiger partial charge in [-0.2, -0.15) is 0 Å². The van der Waals surface area contributed by atoms with Gasteiger partial charge < -0.3 is 9.47 Å². The number of hydrogen-bond donors (Lipinski definition) is 0. The van der Waals surface area contributed by atoms with Crippen LogP contribution < -0.4 is 0 Å². The van der Waals surface area contributed by atoms with Gasteiger partial charge in [-0.1, -0.05) is 39.0 Å². The molecular weight excluding hydrogens is 207 g/mol. The van der Waals surface area contributed by atoms with Crippen molar-refractivity contribution in [2.45, 2.75) is 70.2 Å². The zero-order valence-electron chi connectivity index (χ0n) is 10.6. The number of halogens is 1. The highest BCUT2D eigenvalue weighted by atomic mass is 19.1. The minimum absolute atomic E-state index is 0.0464. The van der Waals surface area contributed by atoms with Gasteiger partial charge >= 0.3 is 0 Å². The van der Waals surface area contributed by atoms with Crippen molar-refractivity contribution in [1.29, 1.82) is 0 Å². The third kappa shape index (κ3) is 4.79. The van der Waals surface area contributed by atoms with Crippen molar-refractivity contribution >= 4 is 0 Å². The predicted octanol–water partition coefficient (Wildman–Crippen LogP) is 3.49. The summed E-state index contributed by atoms with van der Waals surface area (Å²) >= 11 is 0. The summed E-state index contributed by atoms with van der Waals surface area (Å²) in [6.45, 7) is 2.46. The molecule has 0 radical (unpaired) electrons. The van der Waals surface area contributed by atoms with E-state index in [1.54, 1.807) is 7.11 Å². The smallest absolute Gasteiger partial charge is 0.126 e. The van der Waals surface area contributed by atoms with Crippen LogP contribution in [0.1, 0.15) is 51.9 Å². The van der Waals surface area contributed by atoms with Crippen molar-refractivity contribution in [2.75, 3.05) is 13.7 Å². The van der Waals surface area contributed by atoms with Crippen LogP contribution >= 0.6 is 0 Å². The van der Waals surface area contributed by atoms with E-state index in [2.05, 4.69) is 6.92 Å². The van der Waals surface area contributed by atoms with Crippen molar-refractivity contribution in [3.63, 3.8) is 0 Å². The normalized spacial score (nSPS) is 30.6. The number of unbranched alkanes of at least 4 members (excludes halogenated alkanes) is 4. The lowest BCUT2D eigenvalue weighted by atomic mass is 9.98. The molecule has 1 saturated heterocycles. The molecule has 0 N–H and O–H groups in total. The van der Waals surface area contributed by atoms with Gasteiger partial charge in [0.15, 0.2) is 0 Å². The first kappa shape index (κ1) is 13.9. The largest absolute Gasteiger partial charge is 0.379 e. The summed E-state index contributed by atoms with van der Waals surface area (Å²) in [7, 11) is 1.65. The summed E-state index contributed by atoms with van der Waals surface area (Å²) in [5.41, 5.74) is 0. The molecule has 1 rings (SSSR count). The minimum Gasteiger partial charge on any atom is -0.379 e. The molecule has 96 valence electrons. The molecule has 0 bridgehead atoms. The molecule has 16 heavy (non-hydrogen) atoms. The highest BCUT2D eigenvalue weighted by Gasteiger charge is 2.30. The molecular formula is C13H25FO2. The van der Waals surface area contributed by atoms with Gasteiger partial charge in [0.1, 0.15) is 6.17 Å². The number of alkyl halides is 1. The second-order valence-corrected chi connectivity index (χ2v) is 4.68. The molecule has 1 fully saturated rings. The van der Waals surface area contributed by atoms with Gasteiger partial charge in [0.05, 0.1) is 18.8 Å². The van der Waals surface area contributed by atoms with Crippen molar-refractivity contribution in [2.24, 2.45) is 0 Å². The van der Waals surface area contributed by atoms with E-state index in [9.17, 15) is 4.39 Å². The van der Waals surface area contributed by atoms with Crippen LogP contribution in [-0.4, -0.2) is 32.1 Å². The monoisotopic (exact) mass is 232 g/mol. The third-order valence-corrected chi connectivity index (χ3v) is 3.29. The van der Waals surface area contributed by atoms with E-state index in [0.29, 0.717) is 6.42 Å². The lowest BCUT2D eigenvalue weighted by Gasteiger charge is -2.32. The molecule has 0 aromatic carbocycles. The van der Waals surface area contributed by atoms with E-state index in [0.717, 1.165) is 6.42 Å². The van der Waals surface area contributed by atoms with Crippen LogP contribution in [0.25, 0.3) is 0 Å². The Morgan fingerprint density at radius 1 is 1.25 bits per heavy atom. The maximum atomic E-state index is 13.1. The van der Waals surface area contributed by atoms with Crippen LogP contribution in [0.15, 0.2) is 0 Å². The molecule has 0 unspecified atom stereocenters. The first-order valence-corrected chi connectivity index (χ1v) is 6.56. The van der Waals surface area contributed by atoms with Gasteiger partial charge in [0.25, 0.3) is 0 Å². The second kappa shape index (κ2) is 8.02. The van der Waals surface area contributed by atoms with Crippen LogP contribution in [0.5, 0.6) is 0 Å². The van der Waals surface area contributed by atoms with E-state index >= 15 is 0 Å². The van der Waals surface area contributed by atoms with E-state index < -0.39 is 6.17 Å². The number of ether oxygens (including phenoxy) is 2. The molecule has 3 heteroatoms. The van der Waals surface area contributed by atoms with Crippen LogP contribution in [0.3, 0.4) is 0 Å². The Kier molecular flexibility index (Phi) is 6.97. The first-order valence-electron chi connectivity index (χ1n) is 6.56. The van der Waals surface area contributed by atoms with Crippen LogP contribution in [0, 0.1) is 0 Å². The average Bonchev–Trinajstić information content (AvgIpc) is 2.30. The van der Waals surface area contributed by atoms with Crippen LogP contribution in [-0.2, 0) is 9.47 Å². The maximum absolute atomic E-state index is 13.1. The Bertz CT molecular complexity index is 175. The Labute approximate surface area is 98.5 Å². The topological polar surface area (TPSA) is 18.5 Å². The fourth-order valence-electron chi connectivity index (χ4n) is 2.27. The molecule has 0 saturated carbocycles. The van der Waals surface area contributed by atoms with E-state index in [1.165, 1.54) is 32.1 Å². The molecule has 0 spiro atoms. The summed E-state index contributed by atoms with van der Waals surface area (Å²) in [6, 6.07) is 0. The lowest BCUT2D eigenvalue weighted by Crippen LogP contribution is -2.40. The van der Waals surface area contributed by atoms with E-state index in [1.807, 2.05) is 0 Å². The molecule has 1 aliphatic heterocycles. The van der Waals surface area contributed by atoms with Crippen LogP contribution in [0.4, 0.5) is 4.39 Å². The number of rotatable bonds is 7. The van der Waals surface area contributed by atoms with Gasteiger partial charge in [-0.15, -0.1) is 0 Å². The van der Waals surface area contributed by atoms with Gasteiger partial charge in [-0.05, 0) is 6.42 Å². The van der Waals surface area contributed by atoms with Crippen molar-refractivity contribution in [3.8, 4) is 0 Å². The molecule has 1 aliphatic rings. The maximum Gasteiger partial charge on any atom is 0.126 e. The summed E-state index contributed by atoms with van der Waals surface area (Å²) in [5.74, 6) is 0. The fourth-order valence-corrected chi connectivity index (χ4v) is 2.27. The summed E-state index contributed by atoms with van der Waals surface area (Å²) in [5, 5.41) is 0. The highest BCUT2D eigenvalue weighted by molar-refractivity contribution is 4.79. The number of hydrogen-bond acceptors (Lipinski definition) is 2. The van der Waals surface area contributed by atoms with Crippen LogP contribution in [0.2, 0.25) is 0 Å². The standard InChI is InChI=1S/C13H25FO2/c1-3-4-5-6-7-8-12-13(15-2)9-11(14)10-16-12/h11-13H,3-10H2,1-2H3/t11-,12-,13+/m1/s1. The zero-order valence-corrected chi connectivity index (χ0v) is 10.6. The molecule has 0 aromatic rings. The van der Waals surface area contributed by atoms with E-state index in [-0.39, 0.29) is 18.8 Å². The SMILES string of the molecule is CCCCCCC[C@H]1OC[C@H](F)C[C@@H]1OC.